The molecule has 2 aromatic carbocycles. The molecule has 5 heteroatoms. The minimum Gasteiger partial charge on any atom is -0.355 e. The number of hydrogen-bond donors (Lipinski definition) is 1. The Bertz CT molecular complexity index is 1040. The molecule has 5 nitrogen and oxygen atoms in total. The first-order valence-corrected chi connectivity index (χ1v) is 10.6. The van der Waals surface area contributed by atoms with Crippen LogP contribution >= 0.6 is 0 Å². The zero-order valence-corrected chi connectivity index (χ0v) is 17.9. The van der Waals surface area contributed by atoms with Gasteiger partial charge in [0, 0.05) is 36.6 Å². The highest BCUT2D eigenvalue weighted by Gasteiger charge is 2.19. The Hall–Kier alpha value is -3.21. The van der Waals surface area contributed by atoms with Crippen molar-refractivity contribution >= 4 is 11.7 Å². The van der Waals surface area contributed by atoms with Crippen molar-refractivity contribution in [1.29, 1.82) is 0 Å². The van der Waals surface area contributed by atoms with E-state index in [-0.39, 0.29) is 11.9 Å². The third-order valence-electron chi connectivity index (χ3n) is 5.74. The molecule has 1 fully saturated rings. The fraction of sp³-hybridized carbons (Fsp3) is 0.320. The molecule has 2 heterocycles. The second-order valence-electron chi connectivity index (χ2n) is 8.06. The summed E-state index contributed by atoms with van der Waals surface area (Å²) >= 11 is 0. The molecule has 1 unspecified atom stereocenters. The number of aromatic nitrogens is 2. The van der Waals surface area contributed by atoms with Gasteiger partial charge in [-0.3, -0.25) is 9.78 Å². The van der Waals surface area contributed by atoms with E-state index in [0.29, 0.717) is 5.56 Å². The van der Waals surface area contributed by atoms with E-state index >= 15 is 0 Å². The Kier molecular flexibility index (Phi) is 5.79. The highest BCUT2D eigenvalue weighted by Crippen LogP contribution is 2.29. The quantitative estimate of drug-likeness (QED) is 0.665. The van der Waals surface area contributed by atoms with Crippen molar-refractivity contribution in [3.05, 3.63) is 77.1 Å². The number of carbonyl (C=O) groups excluding carboxylic acids is 1. The molecule has 4 rings (SSSR count). The summed E-state index contributed by atoms with van der Waals surface area (Å²) in [6.07, 6.45) is 5.84. The van der Waals surface area contributed by atoms with Gasteiger partial charge < -0.3 is 10.2 Å². The Morgan fingerprint density at radius 2 is 1.70 bits per heavy atom. The van der Waals surface area contributed by atoms with Crippen molar-refractivity contribution < 1.29 is 4.79 Å². The molecule has 1 amide bonds. The summed E-state index contributed by atoms with van der Waals surface area (Å²) in [6.45, 7) is 8.21. The van der Waals surface area contributed by atoms with E-state index in [1.54, 1.807) is 12.4 Å². The molecule has 0 aliphatic carbocycles. The molecule has 0 bridgehead atoms. The van der Waals surface area contributed by atoms with Crippen molar-refractivity contribution in [2.45, 2.75) is 39.7 Å². The molecule has 3 aromatic rings. The zero-order chi connectivity index (χ0) is 21.1. The largest absolute Gasteiger partial charge is 0.355 e. The van der Waals surface area contributed by atoms with Gasteiger partial charge in [0.15, 0.2) is 5.82 Å². The third kappa shape index (κ3) is 4.20. The summed E-state index contributed by atoms with van der Waals surface area (Å²) in [5.41, 5.74) is 6.04. The first-order chi connectivity index (χ1) is 14.5. The number of aryl methyl sites for hydroxylation is 2. The second kappa shape index (κ2) is 8.66. The monoisotopic (exact) mass is 400 g/mol. The maximum absolute atomic E-state index is 12.8. The fourth-order valence-electron chi connectivity index (χ4n) is 4.14. The third-order valence-corrected chi connectivity index (χ3v) is 5.74. The van der Waals surface area contributed by atoms with Gasteiger partial charge in [-0.05, 0) is 56.9 Å². The van der Waals surface area contributed by atoms with Gasteiger partial charge in [0.05, 0.1) is 6.04 Å². The van der Waals surface area contributed by atoms with E-state index in [1.165, 1.54) is 24.0 Å². The Morgan fingerprint density at radius 3 is 2.40 bits per heavy atom. The summed E-state index contributed by atoms with van der Waals surface area (Å²) in [7, 11) is 0. The molecular formula is C25H28N4O. The Balaban J connectivity index is 1.50. The summed E-state index contributed by atoms with van der Waals surface area (Å²) in [5.74, 6) is 0.851. The average Bonchev–Trinajstić information content (AvgIpc) is 3.28. The smallest absolute Gasteiger partial charge is 0.251 e. The van der Waals surface area contributed by atoms with Crippen molar-refractivity contribution in [3.8, 4) is 11.3 Å². The molecule has 1 aliphatic rings. The Morgan fingerprint density at radius 1 is 1.00 bits per heavy atom. The van der Waals surface area contributed by atoms with Crippen LogP contribution in [0.4, 0.5) is 5.82 Å². The van der Waals surface area contributed by atoms with E-state index < -0.39 is 0 Å². The highest BCUT2D eigenvalue weighted by atomic mass is 16.1. The lowest BCUT2D eigenvalue weighted by molar-refractivity contribution is 0.0940. The van der Waals surface area contributed by atoms with Crippen LogP contribution in [0.2, 0.25) is 0 Å². The van der Waals surface area contributed by atoms with Crippen LogP contribution in [0.5, 0.6) is 0 Å². The van der Waals surface area contributed by atoms with Crippen molar-refractivity contribution in [1.82, 2.24) is 15.3 Å². The van der Waals surface area contributed by atoms with Crippen LogP contribution in [0.3, 0.4) is 0 Å². The lowest BCUT2D eigenvalue weighted by Gasteiger charge is -2.19. The van der Waals surface area contributed by atoms with Gasteiger partial charge in [-0.15, -0.1) is 0 Å². The number of benzene rings is 2. The van der Waals surface area contributed by atoms with E-state index in [9.17, 15) is 4.79 Å². The maximum atomic E-state index is 12.8. The summed E-state index contributed by atoms with van der Waals surface area (Å²) < 4.78 is 0. The number of hydrogen-bond acceptors (Lipinski definition) is 4. The number of rotatable bonds is 5. The summed E-state index contributed by atoms with van der Waals surface area (Å²) in [6, 6.07) is 13.9. The lowest BCUT2D eigenvalue weighted by Crippen LogP contribution is -2.27. The predicted octanol–water partition coefficient (Wildman–Crippen LogP) is 4.85. The number of amides is 1. The van der Waals surface area contributed by atoms with Crippen molar-refractivity contribution in [2.75, 3.05) is 18.0 Å². The maximum Gasteiger partial charge on any atom is 0.251 e. The lowest BCUT2D eigenvalue weighted by atomic mass is 10.00. The normalized spacial score (nSPS) is 14.6. The standard InChI is InChI=1S/C25H28N4O/c1-17-6-11-22(18(2)16-17)19(3)28-25(30)21-9-7-20(8-10-21)23-24(27-13-12-26-23)29-14-4-5-15-29/h6-13,16,19H,4-5,14-15H2,1-3H3,(H,28,30). The fourth-order valence-corrected chi connectivity index (χ4v) is 4.14. The molecular weight excluding hydrogens is 372 g/mol. The second-order valence-corrected chi connectivity index (χ2v) is 8.06. The molecule has 30 heavy (non-hydrogen) atoms. The minimum absolute atomic E-state index is 0.0560. The highest BCUT2D eigenvalue weighted by molar-refractivity contribution is 5.95. The van der Waals surface area contributed by atoms with Crippen LogP contribution in [-0.4, -0.2) is 29.0 Å². The van der Waals surface area contributed by atoms with Crippen LogP contribution in [0.1, 0.15) is 52.9 Å². The number of carbonyl (C=O) groups is 1. The summed E-state index contributed by atoms with van der Waals surface area (Å²) in [5, 5.41) is 3.11. The van der Waals surface area contributed by atoms with E-state index in [4.69, 9.17) is 0 Å². The van der Waals surface area contributed by atoms with Gasteiger partial charge in [0.1, 0.15) is 5.69 Å². The van der Waals surface area contributed by atoms with Gasteiger partial charge in [-0.2, -0.15) is 0 Å². The van der Waals surface area contributed by atoms with E-state index in [0.717, 1.165) is 35.7 Å². The molecule has 0 spiro atoms. The molecule has 1 atom stereocenters. The van der Waals surface area contributed by atoms with Crippen molar-refractivity contribution in [2.24, 2.45) is 0 Å². The Labute approximate surface area is 178 Å². The van der Waals surface area contributed by atoms with Crippen LogP contribution in [0.15, 0.2) is 54.9 Å². The van der Waals surface area contributed by atoms with Gasteiger partial charge in [0.25, 0.3) is 5.91 Å². The zero-order valence-electron chi connectivity index (χ0n) is 17.9. The van der Waals surface area contributed by atoms with E-state index in [1.807, 2.05) is 31.2 Å². The topological polar surface area (TPSA) is 58.1 Å². The number of nitrogens with one attached hydrogen (secondary N) is 1. The summed E-state index contributed by atoms with van der Waals surface area (Å²) in [4.78, 5) is 24.2. The first kappa shape index (κ1) is 20.1. The van der Waals surface area contributed by atoms with Gasteiger partial charge in [-0.25, -0.2) is 4.98 Å². The minimum atomic E-state index is -0.0760. The van der Waals surface area contributed by atoms with Gasteiger partial charge >= 0.3 is 0 Å². The molecule has 1 aliphatic heterocycles. The van der Waals surface area contributed by atoms with Gasteiger partial charge in [-0.1, -0.05) is 35.9 Å². The molecule has 154 valence electrons. The van der Waals surface area contributed by atoms with Crippen molar-refractivity contribution in [3.63, 3.8) is 0 Å². The van der Waals surface area contributed by atoms with Crippen LogP contribution in [0.25, 0.3) is 11.3 Å². The van der Waals surface area contributed by atoms with Crippen LogP contribution in [-0.2, 0) is 0 Å². The molecule has 1 N–H and O–H groups in total. The van der Waals surface area contributed by atoms with E-state index in [2.05, 4.69) is 52.2 Å². The van der Waals surface area contributed by atoms with Crippen LogP contribution in [0, 0.1) is 13.8 Å². The predicted molar refractivity (Wildman–Crippen MR) is 121 cm³/mol. The SMILES string of the molecule is Cc1ccc(C(C)NC(=O)c2ccc(-c3nccnc3N3CCCC3)cc2)c(C)c1. The number of nitrogens with zero attached hydrogens (tertiary/aromatic N) is 3. The van der Waals surface area contributed by atoms with Crippen LogP contribution < -0.4 is 10.2 Å². The van der Waals surface area contributed by atoms with Gasteiger partial charge in [0.2, 0.25) is 0 Å². The first-order valence-electron chi connectivity index (χ1n) is 10.6. The molecule has 0 radical (unpaired) electrons. The molecule has 1 saturated heterocycles. The molecule has 1 aromatic heterocycles. The molecule has 0 saturated carbocycles. The average molecular weight is 401 g/mol. The number of anilines is 1.